The normalized spacial score (nSPS) is 23.2. The lowest BCUT2D eigenvalue weighted by atomic mass is 10.1. The fraction of sp³-hybridized carbons (Fsp3) is 0.375. The summed E-state index contributed by atoms with van der Waals surface area (Å²) in [4.78, 5) is 43.0. The fourth-order valence-electron chi connectivity index (χ4n) is 3.16. The van der Waals surface area contributed by atoms with Crippen LogP contribution < -0.4 is 17.0 Å². The maximum Gasteiger partial charge on any atom is 0.329 e. The van der Waals surface area contributed by atoms with Gasteiger partial charge in [0, 0.05) is 7.05 Å². The van der Waals surface area contributed by atoms with Crippen LogP contribution in [0.5, 0.6) is 0 Å². The quantitative estimate of drug-likeness (QED) is 0.186. The van der Waals surface area contributed by atoms with Gasteiger partial charge in [-0.05, 0) is 0 Å². The van der Waals surface area contributed by atoms with Crippen molar-refractivity contribution < 1.29 is 20.1 Å². The average Bonchev–Trinajstić information content (AvgIpc) is 3.46. The van der Waals surface area contributed by atoms with E-state index in [1.165, 1.54) is 30.6 Å². The summed E-state index contributed by atoms with van der Waals surface area (Å²) in [6, 6.07) is 0. The van der Waals surface area contributed by atoms with Crippen LogP contribution in [0.4, 0.5) is 5.82 Å². The molecule has 1 fully saturated rings. The number of nitrogens with one attached hydrogen (secondary N) is 2. The average molecular weight is 433 g/mol. The zero-order valence-electron chi connectivity index (χ0n) is 16.1. The first kappa shape index (κ1) is 20.6. The van der Waals surface area contributed by atoms with Gasteiger partial charge in [-0.2, -0.15) is 0 Å². The molecule has 1 saturated heterocycles. The number of H-pyrrole nitrogens is 2. The van der Waals surface area contributed by atoms with E-state index in [4.69, 9.17) is 15.6 Å². The van der Waals surface area contributed by atoms with Crippen molar-refractivity contribution in [2.45, 2.75) is 24.5 Å². The van der Waals surface area contributed by atoms with Crippen molar-refractivity contribution in [3.63, 3.8) is 0 Å². The molecule has 5 heterocycles. The number of hydrogen-bond acceptors (Lipinski definition) is 11. The molecule has 0 radical (unpaired) electrons. The summed E-state index contributed by atoms with van der Waals surface area (Å²) in [5.74, 6) is 0.218. The summed E-state index contributed by atoms with van der Waals surface area (Å²) in [7, 11) is 1.40. The van der Waals surface area contributed by atoms with Gasteiger partial charge in [-0.15, -0.1) is 0 Å². The van der Waals surface area contributed by atoms with Crippen LogP contribution >= 0.6 is 0 Å². The number of nitrogen functional groups attached to an aromatic ring is 1. The molecule has 0 amide bonds. The Morgan fingerprint density at radius 3 is 2.68 bits per heavy atom. The van der Waals surface area contributed by atoms with E-state index in [1.54, 1.807) is 0 Å². The van der Waals surface area contributed by atoms with E-state index < -0.39 is 36.8 Å². The van der Waals surface area contributed by atoms with E-state index in [9.17, 15) is 19.8 Å². The summed E-state index contributed by atoms with van der Waals surface area (Å²) in [5.41, 5.74) is 6.23. The van der Waals surface area contributed by atoms with Gasteiger partial charge >= 0.3 is 5.69 Å². The summed E-state index contributed by atoms with van der Waals surface area (Å²) >= 11 is 0. The molecule has 4 aromatic rings. The number of rotatable bonds is 2. The molecule has 15 heteroatoms. The number of aromatic amines is 2. The summed E-state index contributed by atoms with van der Waals surface area (Å²) in [5, 5.41) is 28.7. The fourth-order valence-corrected chi connectivity index (χ4v) is 3.16. The third-order valence-corrected chi connectivity index (χ3v) is 4.87. The molecule has 7 N–H and O–H groups in total. The highest BCUT2D eigenvalue weighted by Gasteiger charge is 2.43. The molecule has 15 nitrogen and oxygen atoms in total. The van der Waals surface area contributed by atoms with Crippen LogP contribution in [0, 0.1) is 0 Å². The van der Waals surface area contributed by atoms with Gasteiger partial charge < -0.3 is 30.8 Å². The largest absolute Gasteiger partial charge is 0.394 e. The van der Waals surface area contributed by atoms with E-state index in [2.05, 4.69) is 29.9 Å². The van der Waals surface area contributed by atoms with Gasteiger partial charge in [-0.25, -0.2) is 24.7 Å². The molecule has 1 aliphatic heterocycles. The Morgan fingerprint density at radius 1 is 1.19 bits per heavy atom. The molecule has 0 saturated carbocycles. The summed E-state index contributed by atoms with van der Waals surface area (Å²) in [6.07, 6.45) is -0.0599. The van der Waals surface area contributed by atoms with Crippen LogP contribution in [0.1, 0.15) is 6.23 Å². The van der Waals surface area contributed by atoms with Crippen molar-refractivity contribution in [2.75, 3.05) is 12.3 Å². The van der Waals surface area contributed by atoms with Gasteiger partial charge in [-0.1, -0.05) is 0 Å². The highest BCUT2D eigenvalue weighted by Crippen LogP contribution is 2.31. The Labute approximate surface area is 171 Å². The van der Waals surface area contributed by atoms with Crippen molar-refractivity contribution in [1.82, 2.24) is 39.0 Å². The first-order chi connectivity index (χ1) is 14.8. The number of nitrogens with two attached hydrogens (primary N) is 1. The molecule has 0 aromatic carbocycles. The second-order valence-corrected chi connectivity index (χ2v) is 6.73. The Morgan fingerprint density at radius 2 is 1.97 bits per heavy atom. The predicted molar refractivity (Wildman–Crippen MR) is 105 cm³/mol. The predicted octanol–water partition coefficient (Wildman–Crippen LogP) is -3.03. The number of ether oxygens (including phenoxy) is 1. The first-order valence-electron chi connectivity index (χ1n) is 9.01. The van der Waals surface area contributed by atoms with Crippen LogP contribution in [-0.2, 0) is 11.8 Å². The molecule has 1 aliphatic rings. The molecule has 0 bridgehead atoms. The molecule has 0 aliphatic carbocycles. The van der Waals surface area contributed by atoms with E-state index in [0.717, 1.165) is 4.57 Å². The number of hydrogen-bond donors (Lipinski definition) is 6. The third-order valence-electron chi connectivity index (χ3n) is 4.87. The summed E-state index contributed by atoms with van der Waals surface area (Å²) in [6.45, 7) is -0.390. The minimum absolute atomic E-state index is 0.218. The van der Waals surface area contributed by atoms with Crippen molar-refractivity contribution in [3.05, 3.63) is 39.8 Å². The minimum Gasteiger partial charge on any atom is -0.394 e. The zero-order valence-corrected chi connectivity index (χ0v) is 16.1. The van der Waals surface area contributed by atoms with Crippen molar-refractivity contribution in [2.24, 2.45) is 7.05 Å². The first-order valence-corrected chi connectivity index (χ1v) is 9.01. The number of fused-ring (bicyclic) bond motifs is 2. The number of aromatic nitrogens is 8. The standard InChI is InChI=1S/C10H13N5O4.C6H6N4O2/c11-8-5-9(13-2-12-8)15(3-14-5)10-7(18)6(17)4(1-16)19-10;1-10-5(11)3-4(8-2-7-3)9-6(10)12/h2-4,6-7,10,16-18H,1H2,(H2,11,12,13);2H,1H3,(H,7,8)(H,9,12)/t4-,6-,7-,10-;/m1./s1. The number of anilines is 1. The van der Waals surface area contributed by atoms with Crippen molar-refractivity contribution in [3.8, 4) is 0 Å². The summed E-state index contributed by atoms with van der Waals surface area (Å²) < 4.78 is 7.84. The van der Waals surface area contributed by atoms with Crippen LogP contribution in [-0.4, -0.2) is 79.3 Å². The highest BCUT2D eigenvalue weighted by atomic mass is 16.6. The number of aliphatic hydroxyl groups is 3. The third kappa shape index (κ3) is 3.44. The van der Waals surface area contributed by atoms with Gasteiger partial charge in [0.15, 0.2) is 23.3 Å². The zero-order chi connectivity index (χ0) is 22.3. The molecule has 164 valence electrons. The van der Waals surface area contributed by atoms with Gasteiger partial charge in [0.05, 0.1) is 19.3 Å². The maximum absolute atomic E-state index is 11.3. The van der Waals surface area contributed by atoms with E-state index in [-0.39, 0.29) is 11.4 Å². The topological polar surface area (TPSA) is 223 Å². The molecule has 4 atom stereocenters. The van der Waals surface area contributed by atoms with Crippen LogP contribution in [0.3, 0.4) is 0 Å². The lowest BCUT2D eigenvalue weighted by Gasteiger charge is -2.16. The monoisotopic (exact) mass is 433 g/mol. The lowest BCUT2D eigenvalue weighted by molar-refractivity contribution is -0.0511. The molecular weight excluding hydrogens is 414 g/mol. The van der Waals surface area contributed by atoms with Gasteiger partial charge in [0.25, 0.3) is 5.56 Å². The second-order valence-electron chi connectivity index (χ2n) is 6.73. The number of aliphatic hydroxyl groups excluding tert-OH is 3. The Kier molecular flexibility index (Phi) is 5.24. The molecule has 31 heavy (non-hydrogen) atoms. The van der Waals surface area contributed by atoms with Crippen LogP contribution in [0.2, 0.25) is 0 Å². The van der Waals surface area contributed by atoms with Gasteiger partial charge in [-0.3, -0.25) is 18.9 Å². The lowest BCUT2D eigenvalue weighted by Crippen LogP contribution is -2.33. The van der Waals surface area contributed by atoms with Crippen molar-refractivity contribution in [1.29, 1.82) is 0 Å². The highest BCUT2D eigenvalue weighted by molar-refractivity contribution is 5.81. The minimum atomic E-state index is -1.19. The van der Waals surface area contributed by atoms with Gasteiger partial charge in [0.2, 0.25) is 0 Å². The Bertz CT molecular complexity index is 1340. The Hall–Kier alpha value is -3.66. The van der Waals surface area contributed by atoms with Crippen LogP contribution in [0.15, 0.2) is 28.6 Å². The van der Waals surface area contributed by atoms with Crippen LogP contribution in [0.25, 0.3) is 22.3 Å². The van der Waals surface area contributed by atoms with Crippen molar-refractivity contribution >= 4 is 28.1 Å². The van der Waals surface area contributed by atoms with E-state index >= 15 is 0 Å². The molecule has 4 aromatic heterocycles. The number of nitrogens with zero attached hydrogens (tertiary/aromatic N) is 6. The van der Waals surface area contributed by atoms with E-state index in [0.29, 0.717) is 22.3 Å². The second kappa shape index (κ2) is 7.88. The van der Waals surface area contributed by atoms with Gasteiger partial charge in [0.1, 0.15) is 35.7 Å². The smallest absolute Gasteiger partial charge is 0.329 e. The SMILES string of the molecule is Cn1c(=O)[nH]c2nc[nH]c2c1=O.Nc1ncnc2c1ncn2[C@@H]1O[C@H](CO)[C@@H](O)[C@H]1O. The maximum atomic E-state index is 11.3. The molecule has 0 spiro atoms. The number of imidazole rings is 2. The molecule has 0 unspecified atom stereocenters. The van der Waals surface area contributed by atoms with E-state index in [1.807, 2.05) is 0 Å². The Balaban J connectivity index is 0.000000166. The molecular formula is C16H19N9O6. The molecule has 5 rings (SSSR count).